The molecule has 0 spiro atoms. The number of carbonyl (C=O) groups excluding carboxylic acids is 1. The van der Waals surface area contributed by atoms with Crippen molar-refractivity contribution < 1.29 is 32.9 Å². The predicted molar refractivity (Wildman–Crippen MR) is 123 cm³/mol. The summed E-state index contributed by atoms with van der Waals surface area (Å²) in [5.41, 5.74) is 1.05. The fourth-order valence-corrected chi connectivity index (χ4v) is 4.24. The van der Waals surface area contributed by atoms with E-state index in [0.717, 1.165) is 12.8 Å². The first-order chi connectivity index (χ1) is 16.4. The maximum absolute atomic E-state index is 13.3. The van der Waals surface area contributed by atoms with Gasteiger partial charge in [0.25, 0.3) is 0 Å². The van der Waals surface area contributed by atoms with Gasteiger partial charge >= 0.3 is 6.61 Å². The summed E-state index contributed by atoms with van der Waals surface area (Å²) in [6, 6.07) is 10.2. The third-order valence-electron chi connectivity index (χ3n) is 5.89. The number of fused-ring (bicyclic) bond motifs is 1. The van der Waals surface area contributed by atoms with Crippen LogP contribution in [0.15, 0.2) is 36.4 Å². The van der Waals surface area contributed by atoms with Crippen molar-refractivity contribution in [3.8, 4) is 17.2 Å². The second-order valence-electron chi connectivity index (χ2n) is 8.34. The molecule has 1 fully saturated rings. The first-order valence-corrected chi connectivity index (χ1v) is 11.5. The molecular weight excluding hydrogens is 470 g/mol. The van der Waals surface area contributed by atoms with Crippen LogP contribution in [0.1, 0.15) is 24.8 Å². The van der Waals surface area contributed by atoms with Crippen LogP contribution in [0.2, 0.25) is 5.02 Å². The largest absolute Gasteiger partial charge is 0.493 e. The van der Waals surface area contributed by atoms with Crippen LogP contribution in [-0.2, 0) is 11.3 Å². The smallest absolute Gasteiger partial charge is 0.387 e. The van der Waals surface area contributed by atoms with Crippen LogP contribution < -0.4 is 19.1 Å². The summed E-state index contributed by atoms with van der Waals surface area (Å²) >= 11 is 5.88. The Bertz CT molecular complexity index is 1000. The number of carbonyl (C=O) groups is 1. The fraction of sp³-hybridized carbons (Fsp3) is 0.458. The van der Waals surface area contributed by atoms with Gasteiger partial charge in [-0.25, -0.2) is 0 Å². The lowest BCUT2D eigenvalue weighted by molar-refractivity contribution is -0.132. The Labute approximate surface area is 201 Å². The lowest BCUT2D eigenvalue weighted by Crippen LogP contribution is -2.42. The van der Waals surface area contributed by atoms with Crippen LogP contribution in [0.3, 0.4) is 0 Å². The van der Waals surface area contributed by atoms with Gasteiger partial charge in [-0.15, -0.1) is 0 Å². The summed E-state index contributed by atoms with van der Waals surface area (Å²) < 4.78 is 42.4. The van der Waals surface area contributed by atoms with Gasteiger partial charge in [-0.3, -0.25) is 4.79 Å². The highest BCUT2D eigenvalue weighted by molar-refractivity contribution is 6.30. The van der Waals surface area contributed by atoms with Crippen molar-refractivity contribution in [1.29, 1.82) is 0 Å². The van der Waals surface area contributed by atoms with Gasteiger partial charge in [0.15, 0.2) is 11.5 Å². The Hall–Kier alpha value is -2.78. The summed E-state index contributed by atoms with van der Waals surface area (Å²) in [6.45, 7) is -2.47. The number of ether oxygens (including phenoxy) is 3. The van der Waals surface area contributed by atoms with Crippen LogP contribution in [0.25, 0.3) is 0 Å². The Balaban J connectivity index is 1.59. The van der Waals surface area contributed by atoms with Gasteiger partial charge in [-0.1, -0.05) is 11.6 Å². The number of anilines is 1. The third-order valence-corrected chi connectivity index (χ3v) is 6.14. The number of alkyl halides is 2. The second kappa shape index (κ2) is 10.7. The molecule has 1 aliphatic carbocycles. The molecule has 1 amide bonds. The number of hydrogen-bond donors (Lipinski definition) is 1. The van der Waals surface area contributed by atoms with Gasteiger partial charge in [-0.2, -0.15) is 8.78 Å². The molecule has 1 saturated carbocycles. The molecule has 184 valence electrons. The number of rotatable bonds is 9. The fourth-order valence-electron chi connectivity index (χ4n) is 4.12. The maximum atomic E-state index is 13.3. The molecule has 2 aromatic rings. The number of methoxy groups -OCH3 is 1. The maximum Gasteiger partial charge on any atom is 0.387 e. The van der Waals surface area contributed by atoms with Gasteiger partial charge in [0.1, 0.15) is 18.5 Å². The van der Waals surface area contributed by atoms with Gasteiger partial charge < -0.3 is 29.1 Å². The Morgan fingerprint density at radius 1 is 1.18 bits per heavy atom. The average molecular weight is 497 g/mol. The van der Waals surface area contributed by atoms with Crippen molar-refractivity contribution in [2.75, 3.05) is 31.7 Å². The van der Waals surface area contributed by atoms with Gasteiger partial charge in [0.2, 0.25) is 5.91 Å². The quantitative estimate of drug-likeness (QED) is 0.564. The number of benzene rings is 2. The highest BCUT2D eigenvalue weighted by Crippen LogP contribution is 2.42. The van der Waals surface area contributed by atoms with Crippen LogP contribution in [-0.4, -0.2) is 61.5 Å². The molecule has 10 heteroatoms. The van der Waals surface area contributed by atoms with Crippen molar-refractivity contribution in [3.63, 3.8) is 0 Å². The number of halogens is 3. The molecule has 2 aromatic carbocycles. The molecule has 0 bridgehead atoms. The third kappa shape index (κ3) is 5.82. The van der Waals surface area contributed by atoms with Crippen LogP contribution in [0.4, 0.5) is 14.5 Å². The Morgan fingerprint density at radius 3 is 2.56 bits per heavy atom. The summed E-state index contributed by atoms with van der Waals surface area (Å²) in [6.07, 6.45) is 1.12. The van der Waals surface area contributed by atoms with E-state index in [9.17, 15) is 18.7 Å². The molecular formula is C24H27ClF2N2O5. The van der Waals surface area contributed by atoms with Crippen molar-refractivity contribution >= 4 is 23.2 Å². The predicted octanol–water partition coefficient (Wildman–Crippen LogP) is 4.09. The molecule has 7 nitrogen and oxygen atoms in total. The molecule has 1 N–H and O–H groups in total. The topological polar surface area (TPSA) is 71.5 Å². The molecule has 1 heterocycles. The normalized spacial score (nSPS) is 17.2. The molecule has 2 aliphatic rings. The second-order valence-corrected chi connectivity index (χ2v) is 8.78. The molecule has 1 atom stereocenters. The summed E-state index contributed by atoms with van der Waals surface area (Å²) in [5, 5.41) is 11.2. The van der Waals surface area contributed by atoms with E-state index in [4.69, 9.17) is 25.8 Å². The first-order valence-electron chi connectivity index (χ1n) is 11.1. The van der Waals surface area contributed by atoms with E-state index < -0.39 is 12.7 Å². The van der Waals surface area contributed by atoms with E-state index in [2.05, 4.69) is 0 Å². The minimum Gasteiger partial charge on any atom is -0.493 e. The molecule has 0 aromatic heterocycles. The summed E-state index contributed by atoms with van der Waals surface area (Å²) in [4.78, 5) is 16.4. The number of aliphatic hydroxyl groups excluding tert-OH is 1. The van der Waals surface area contributed by atoms with Crippen molar-refractivity contribution in [2.45, 2.75) is 44.6 Å². The number of amides is 1. The van der Waals surface area contributed by atoms with E-state index >= 15 is 0 Å². The zero-order valence-corrected chi connectivity index (χ0v) is 19.5. The van der Waals surface area contributed by atoms with Crippen LogP contribution in [0.5, 0.6) is 17.2 Å². The van der Waals surface area contributed by atoms with E-state index in [1.54, 1.807) is 41.3 Å². The number of β-amino-alcohol motifs (C(OH)–C–C–N with tert-alkyl or cyclic N) is 1. The highest BCUT2D eigenvalue weighted by atomic mass is 35.5. The zero-order chi connectivity index (χ0) is 24.2. The van der Waals surface area contributed by atoms with E-state index in [1.807, 2.05) is 4.90 Å². The van der Waals surface area contributed by atoms with Crippen molar-refractivity contribution in [1.82, 2.24) is 4.90 Å². The standard InChI is InChI=1S/C24H27ClF2N2O5/c1-32-21-9-8-20-19(23(21)34-24(26)27)13-29(16-4-5-16)22(31)10-11-28(20)12-17(30)14-33-18-6-2-15(25)3-7-18/h2-3,6-9,16-17,24,30H,4-5,10-14H2,1H3/t17-/m1/s1. The molecule has 1 aliphatic heterocycles. The monoisotopic (exact) mass is 496 g/mol. The number of hydrogen-bond acceptors (Lipinski definition) is 6. The van der Waals surface area contributed by atoms with E-state index in [-0.39, 0.29) is 49.6 Å². The lowest BCUT2D eigenvalue weighted by Gasteiger charge is -2.35. The van der Waals surface area contributed by atoms with Gasteiger partial charge in [-0.05, 0) is 49.2 Å². The zero-order valence-electron chi connectivity index (χ0n) is 18.8. The Kier molecular flexibility index (Phi) is 7.63. The van der Waals surface area contributed by atoms with Gasteiger partial charge in [0.05, 0.1) is 13.7 Å². The molecule has 34 heavy (non-hydrogen) atoms. The molecule has 0 unspecified atom stereocenters. The SMILES string of the molecule is COc1ccc2c(c1OC(F)F)CN(C1CC1)C(=O)CCN2C[C@@H](O)COc1ccc(Cl)cc1. The lowest BCUT2D eigenvalue weighted by atomic mass is 10.1. The highest BCUT2D eigenvalue weighted by Gasteiger charge is 2.36. The molecule has 4 rings (SSSR count). The summed E-state index contributed by atoms with van der Waals surface area (Å²) in [7, 11) is 1.38. The van der Waals surface area contributed by atoms with Gasteiger partial charge in [0, 0.05) is 41.8 Å². The van der Waals surface area contributed by atoms with Crippen LogP contribution >= 0.6 is 11.6 Å². The van der Waals surface area contributed by atoms with Crippen molar-refractivity contribution in [3.05, 3.63) is 47.0 Å². The summed E-state index contributed by atoms with van der Waals surface area (Å²) in [5.74, 6) is 0.571. The molecule has 0 saturated heterocycles. The van der Waals surface area contributed by atoms with Crippen LogP contribution in [0, 0.1) is 0 Å². The first kappa shape index (κ1) is 24.3. The minimum atomic E-state index is -3.05. The number of aliphatic hydroxyl groups is 1. The minimum absolute atomic E-state index is 0.00611. The average Bonchev–Trinajstić information content (AvgIpc) is 3.64. The number of nitrogens with zero attached hydrogens (tertiary/aromatic N) is 2. The van der Waals surface area contributed by atoms with E-state index in [0.29, 0.717) is 28.6 Å². The Morgan fingerprint density at radius 2 is 1.91 bits per heavy atom. The molecule has 0 radical (unpaired) electrons. The van der Waals surface area contributed by atoms with Crippen molar-refractivity contribution in [2.24, 2.45) is 0 Å². The van der Waals surface area contributed by atoms with E-state index in [1.165, 1.54) is 7.11 Å².